The minimum Gasteiger partial charge on any atom is -0.462 e. The van der Waals surface area contributed by atoms with E-state index in [9.17, 15) is 9.59 Å². The number of nitrogens with zero attached hydrogens (tertiary/aromatic N) is 3. The second kappa shape index (κ2) is 9.01. The van der Waals surface area contributed by atoms with Gasteiger partial charge in [0.15, 0.2) is 0 Å². The lowest BCUT2D eigenvalue weighted by Crippen LogP contribution is -2.22. The van der Waals surface area contributed by atoms with Crippen molar-refractivity contribution in [2.45, 2.75) is 6.92 Å². The molecule has 1 heterocycles. The number of benzene rings is 2. The van der Waals surface area contributed by atoms with Crippen molar-refractivity contribution in [1.29, 1.82) is 0 Å². The first-order valence-corrected chi connectivity index (χ1v) is 8.90. The Balaban J connectivity index is 1.62. The summed E-state index contributed by atoms with van der Waals surface area (Å²) in [5.41, 5.74) is 2.32. The highest BCUT2D eigenvalue weighted by Gasteiger charge is 2.11. The maximum atomic E-state index is 12.3. The maximum Gasteiger partial charge on any atom is 0.338 e. The van der Waals surface area contributed by atoms with E-state index in [2.05, 4.69) is 20.7 Å². The number of anilines is 2. The summed E-state index contributed by atoms with van der Waals surface area (Å²) in [7, 11) is 0. The first kappa shape index (κ1) is 19.4. The molecule has 0 aliphatic carbocycles. The van der Waals surface area contributed by atoms with Gasteiger partial charge < -0.3 is 15.4 Å². The van der Waals surface area contributed by atoms with Gasteiger partial charge >= 0.3 is 5.97 Å². The number of aromatic nitrogens is 3. The predicted octanol–water partition coefficient (Wildman–Crippen LogP) is 3.15. The topological polar surface area (TPSA) is 98.1 Å². The molecule has 0 unspecified atom stereocenters. The summed E-state index contributed by atoms with van der Waals surface area (Å²) in [5.74, 6) is -0.647. The molecule has 9 heteroatoms. The van der Waals surface area contributed by atoms with Crippen LogP contribution in [0.5, 0.6) is 0 Å². The van der Waals surface area contributed by atoms with Gasteiger partial charge in [-0.15, -0.1) is 0 Å². The number of hydrogen-bond donors (Lipinski definition) is 2. The van der Waals surface area contributed by atoms with Gasteiger partial charge in [0.2, 0.25) is 5.91 Å². The monoisotopic (exact) mass is 399 g/mol. The Hall–Kier alpha value is -3.39. The van der Waals surface area contributed by atoms with Crippen LogP contribution >= 0.6 is 11.6 Å². The lowest BCUT2D eigenvalue weighted by Gasteiger charge is -2.12. The molecule has 2 N–H and O–H groups in total. The highest BCUT2D eigenvalue weighted by atomic mass is 35.5. The molecule has 0 aliphatic heterocycles. The summed E-state index contributed by atoms with van der Waals surface area (Å²) in [6.07, 6.45) is 2.93. The van der Waals surface area contributed by atoms with E-state index in [1.807, 2.05) is 0 Å². The fourth-order valence-electron chi connectivity index (χ4n) is 2.46. The van der Waals surface area contributed by atoms with E-state index >= 15 is 0 Å². The summed E-state index contributed by atoms with van der Waals surface area (Å²) in [6.45, 7) is 2.10. The molecule has 1 aromatic heterocycles. The number of nitrogens with one attached hydrogen (secondary N) is 2. The van der Waals surface area contributed by atoms with Crippen molar-refractivity contribution in [2.24, 2.45) is 0 Å². The van der Waals surface area contributed by atoms with Gasteiger partial charge in [-0.1, -0.05) is 11.6 Å². The largest absolute Gasteiger partial charge is 0.462 e. The van der Waals surface area contributed by atoms with Crippen molar-refractivity contribution in [2.75, 3.05) is 23.8 Å². The minimum absolute atomic E-state index is 0.0298. The molecule has 0 radical (unpaired) electrons. The number of hydrogen-bond acceptors (Lipinski definition) is 6. The van der Waals surface area contributed by atoms with Crippen LogP contribution in [-0.4, -0.2) is 39.8 Å². The molecule has 2 aromatic carbocycles. The Kier molecular flexibility index (Phi) is 6.23. The smallest absolute Gasteiger partial charge is 0.338 e. The molecule has 0 saturated heterocycles. The van der Waals surface area contributed by atoms with Crippen LogP contribution in [0, 0.1) is 0 Å². The molecular weight excluding hydrogens is 382 g/mol. The fourth-order valence-corrected chi connectivity index (χ4v) is 2.63. The maximum absolute atomic E-state index is 12.3. The molecule has 0 spiro atoms. The Morgan fingerprint density at radius 2 is 1.96 bits per heavy atom. The average molecular weight is 400 g/mol. The highest BCUT2D eigenvalue weighted by Crippen LogP contribution is 2.24. The quantitative estimate of drug-likeness (QED) is 0.592. The molecule has 28 heavy (non-hydrogen) atoms. The van der Waals surface area contributed by atoms with Gasteiger partial charge in [0, 0.05) is 10.7 Å². The lowest BCUT2D eigenvalue weighted by molar-refractivity contribution is -0.114. The van der Waals surface area contributed by atoms with Crippen molar-refractivity contribution in [1.82, 2.24) is 14.8 Å². The Bertz CT molecular complexity index is 958. The minimum atomic E-state index is -0.381. The molecule has 0 bridgehead atoms. The first-order valence-electron chi connectivity index (χ1n) is 8.52. The van der Waals surface area contributed by atoms with E-state index in [0.717, 1.165) is 0 Å². The zero-order valence-electron chi connectivity index (χ0n) is 15.1. The van der Waals surface area contributed by atoms with E-state index in [4.69, 9.17) is 16.3 Å². The van der Waals surface area contributed by atoms with Gasteiger partial charge in [-0.3, -0.25) is 4.79 Å². The van der Waals surface area contributed by atoms with E-state index in [0.29, 0.717) is 34.3 Å². The van der Waals surface area contributed by atoms with Crippen molar-refractivity contribution >= 4 is 34.9 Å². The van der Waals surface area contributed by atoms with Gasteiger partial charge in [-0.25, -0.2) is 14.5 Å². The van der Waals surface area contributed by atoms with E-state index in [1.54, 1.807) is 49.4 Å². The zero-order chi connectivity index (χ0) is 19.9. The number of ether oxygens (including phenoxy) is 1. The van der Waals surface area contributed by atoms with E-state index in [-0.39, 0.29) is 18.4 Å². The van der Waals surface area contributed by atoms with Crippen LogP contribution in [0.25, 0.3) is 5.69 Å². The number of carbonyl (C=O) groups excluding carboxylic acids is 2. The van der Waals surface area contributed by atoms with E-state index < -0.39 is 0 Å². The molecule has 3 rings (SSSR count). The van der Waals surface area contributed by atoms with Crippen LogP contribution < -0.4 is 10.6 Å². The number of amides is 1. The summed E-state index contributed by atoms with van der Waals surface area (Å²) in [6, 6.07) is 11.8. The van der Waals surface area contributed by atoms with Gasteiger partial charge in [-0.05, 0) is 49.4 Å². The third kappa shape index (κ3) is 4.86. The molecule has 1 amide bonds. The third-order valence-electron chi connectivity index (χ3n) is 3.75. The van der Waals surface area contributed by atoms with Crippen molar-refractivity contribution < 1.29 is 14.3 Å². The fraction of sp³-hybridized carbons (Fsp3) is 0.158. The molecule has 0 aliphatic rings. The number of halogens is 1. The molecule has 3 aromatic rings. The van der Waals surface area contributed by atoms with Gasteiger partial charge in [-0.2, -0.15) is 5.10 Å². The molecule has 0 atom stereocenters. The third-order valence-corrected chi connectivity index (χ3v) is 3.98. The Morgan fingerprint density at radius 1 is 1.18 bits per heavy atom. The Morgan fingerprint density at radius 3 is 2.64 bits per heavy atom. The van der Waals surface area contributed by atoms with E-state index in [1.165, 1.54) is 17.3 Å². The van der Waals surface area contributed by atoms with Crippen LogP contribution in [0.1, 0.15) is 17.3 Å². The average Bonchev–Trinajstić information content (AvgIpc) is 3.21. The van der Waals surface area contributed by atoms with Crippen molar-refractivity contribution in [3.8, 4) is 5.69 Å². The van der Waals surface area contributed by atoms with Crippen LogP contribution in [0.15, 0.2) is 55.1 Å². The summed E-state index contributed by atoms with van der Waals surface area (Å²) in [4.78, 5) is 27.9. The predicted molar refractivity (Wildman–Crippen MR) is 106 cm³/mol. The number of esters is 1. The van der Waals surface area contributed by atoms with Crippen molar-refractivity contribution in [3.63, 3.8) is 0 Å². The normalized spacial score (nSPS) is 10.4. The van der Waals surface area contributed by atoms with Crippen LogP contribution in [0.3, 0.4) is 0 Å². The van der Waals surface area contributed by atoms with Gasteiger partial charge in [0.05, 0.1) is 30.1 Å². The van der Waals surface area contributed by atoms with Crippen LogP contribution in [-0.2, 0) is 9.53 Å². The zero-order valence-corrected chi connectivity index (χ0v) is 15.8. The lowest BCUT2D eigenvalue weighted by atomic mass is 10.2. The SMILES string of the molecule is CCOC(=O)c1ccc(NCC(=O)Nc2cc(Cl)ccc2-n2cncn2)cc1. The summed E-state index contributed by atoms with van der Waals surface area (Å²) >= 11 is 6.05. The second-order valence-electron chi connectivity index (χ2n) is 5.70. The molecular formula is C19H18ClN5O3. The molecule has 8 nitrogen and oxygen atoms in total. The number of carbonyl (C=O) groups is 2. The summed E-state index contributed by atoms with van der Waals surface area (Å²) < 4.78 is 6.47. The van der Waals surface area contributed by atoms with Crippen molar-refractivity contribution in [3.05, 3.63) is 65.7 Å². The van der Waals surface area contributed by atoms with Crippen LogP contribution in [0.4, 0.5) is 11.4 Å². The van der Waals surface area contributed by atoms with Gasteiger partial charge in [0.25, 0.3) is 0 Å². The Labute approximate surface area is 166 Å². The second-order valence-corrected chi connectivity index (χ2v) is 6.14. The number of rotatable bonds is 7. The molecule has 144 valence electrons. The molecule has 0 saturated carbocycles. The summed E-state index contributed by atoms with van der Waals surface area (Å²) in [5, 5.41) is 10.4. The first-order chi connectivity index (χ1) is 13.6. The van der Waals surface area contributed by atoms with Crippen LogP contribution in [0.2, 0.25) is 5.02 Å². The van der Waals surface area contributed by atoms with Gasteiger partial charge in [0.1, 0.15) is 12.7 Å². The standard InChI is InChI=1S/C19H18ClN5O3/c1-2-28-19(27)13-3-6-15(7-4-13)22-10-18(26)24-16-9-14(20)5-8-17(16)25-12-21-11-23-25/h3-9,11-12,22H,2,10H2,1H3,(H,24,26). The molecule has 0 fully saturated rings. The highest BCUT2D eigenvalue weighted by molar-refractivity contribution is 6.31.